The zero-order valence-electron chi connectivity index (χ0n) is 5.97. The molecule has 0 saturated carbocycles. The first-order valence-electron chi connectivity index (χ1n) is 3.27. The smallest absolute Gasteiger partial charge is 0.0611 e. The summed E-state index contributed by atoms with van der Waals surface area (Å²) in [5.74, 6) is 0.537. The molecule has 0 spiro atoms. The largest absolute Gasteiger partial charge is 0.264 e. The van der Waals surface area contributed by atoms with Gasteiger partial charge in [-0.05, 0) is 13.0 Å². The van der Waals surface area contributed by atoms with Gasteiger partial charge >= 0.3 is 0 Å². The molecule has 0 bridgehead atoms. The molecule has 10 heavy (non-hydrogen) atoms. The van der Waals surface area contributed by atoms with Gasteiger partial charge in [0, 0.05) is 18.3 Å². The number of allylic oxidation sites excluding steroid dienone is 3. The molecule has 0 unspecified atom stereocenters. The standard InChI is InChI=1S/C8H10ClN/c1-7-3-2-4-10-8(5-7)6-9/h2-4H,5-6H2,1H3. The second-order valence-corrected chi connectivity index (χ2v) is 2.63. The predicted octanol–water partition coefficient (Wildman–Crippen LogP) is 2.53. The Labute approximate surface area is 66.1 Å². The van der Waals surface area contributed by atoms with E-state index in [1.54, 1.807) is 6.20 Å². The van der Waals surface area contributed by atoms with Crippen molar-refractivity contribution >= 4 is 17.3 Å². The van der Waals surface area contributed by atoms with Crippen LogP contribution in [0.3, 0.4) is 0 Å². The predicted molar refractivity (Wildman–Crippen MR) is 45.7 cm³/mol. The van der Waals surface area contributed by atoms with E-state index >= 15 is 0 Å². The van der Waals surface area contributed by atoms with Gasteiger partial charge < -0.3 is 0 Å². The van der Waals surface area contributed by atoms with Crippen LogP contribution in [0.25, 0.3) is 0 Å². The van der Waals surface area contributed by atoms with E-state index in [1.165, 1.54) is 5.57 Å². The van der Waals surface area contributed by atoms with Gasteiger partial charge in [0.2, 0.25) is 0 Å². The summed E-state index contributed by atoms with van der Waals surface area (Å²) in [4.78, 5) is 4.14. The minimum absolute atomic E-state index is 0.537. The molecule has 0 aromatic carbocycles. The molecule has 0 N–H and O–H groups in total. The minimum Gasteiger partial charge on any atom is -0.264 e. The van der Waals surface area contributed by atoms with E-state index in [0.717, 1.165) is 12.1 Å². The molecule has 0 atom stereocenters. The van der Waals surface area contributed by atoms with Gasteiger partial charge in [0.1, 0.15) is 0 Å². The fourth-order valence-corrected chi connectivity index (χ4v) is 1.03. The lowest BCUT2D eigenvalue weighted by Gasteiger charge is -1.97. The van der Waals surface area contributed by atoms with Crippen molar-refractivity contribution in [3.05, 3.63) is 23.9 Å². The Morgan fingerprint density at radius 3 is 3.20 bits per heavy atom. The van der Waals surface area contributed by atoms with Crippen molar-refractivity contribution in [1.29, 1.82) is 0 Å². The summed E-state index contributed by atoms with van der Waals surface area (Å²) >= 11 is 5.63. The Balaban J connectivity index is 2.72. The maximum atomic E-state index is 5.63. The molecule has 0 aromatic rings. The van der Waals surface area contributed by atoms with Crippen molar-refractivity contribution in [3.8, 4) is 0 Å². The van der Waals surface area contributed by atoms with Crippen LogP contribution < -0.4 is 0 Å². The number of hydrogen-bond acceptors (Lipinski definition) is 1. The molecule has 1 heterocycles. The molecule has 54 valence electrons. The van der Waals surface area contributed by atoms with Crippen molar-refractivity contribution in [2.24, 2.45) is 4.99 Å². The van der Waals surface area contributed by atoms with E-state index in [2.05, 4.69) is 18.0 Å². The van der Waals surface area contributed by atoms with Gasteiger partial charge in [0.25, 0.3) is 0 Å². The van der Waals surface area contributed by atoms with Gasteiger partial charge in [-0.15, -0.1) is 11.6 Å². The second-order valence-electron chi connectivity index (χ2n) is 2.36. The third-order valence-electron chi connectivity index (χ3n) is 1.36. The number of hydrogen-bond donors (Lipinski definition) is 0. The average molecular weight is 156 g/mol. The second kappa shape index (κ2) is 3.57. The monoisotopic (exact) mass is 155 g/mol. The molecule has 0 aliphatic carbocycles. The zero-order valence-corrected chi connectivity index (χ0v) is 6.73. The Hall–Kier alpha value is -0.560. The van der Waals surface area contributed by atoms with Crippen molar-refractivity contribution in [1.82, 2.24) is 0 Å². The third kappa shape index (κ3) is 1.99. The zero-order chi connectivity index (χ0) is 7.40. The van der Waals surface area contributed by atoms with Crippen molar-refractivity contribution in [2.75, 3.05) is 5.88 Å². The molecule has 0 fully saturated rings. The van der Waals surface area contributed by atoms with Crippen LogP contribution in [-0.4, -0.2) is 11.6 Å². The van der Waals surface area contributed by atoms with Crippen molar-refractivity contribution < 1.29 is 0 Å². The lowest BCUT2D eigenvalue weighted by molar-refractivity contribution is 1.25. The highest BCUT2D eigenvalue weighted by Crippen LogP contribution is 2.07. The maximum Gasteiger partial charge on any atom is 0.0611 e. The van der Waals surface area contributed by atoms with E-state index < -0.39 is 0 Å². The normalized spacial score (nSPS) is 17.8. The molecule has 1 nitrogen and oxygen atoms in total. The van der Waals surface area contributed by atoms with Crippen LogP contribution in [0.5, 0.6) is 0 Å². The highest BCUT2D eigenvalue weighted by Gasteiger charge is 1.98. The summed E-state index contributed by atoms with van der Waals surface area (Å²) in [5, 5.41) is 0. The molecule has 0 aromatic heterocycles. The van der Waals surface area contributed by atoms with E-state index in [0.29, 0.717) is 5.88 Å². The number of rotatable bonds is 1. The van der Waals surface area contributed by atoms with Gasteiger partial charge in [-0.1, -0.05) is 11.6 Å². The van der Waals surface area contributed by atoms with Crippen molar-refractivity contribution in [2.45, 2.75) is 13.3 Å². The van der Waals surface area contributed by atoms with E-state index in [9.17, 15) is 0 Å². The highest BCUT2D eigenvalue weighted by atomic mass is 35.5. The quantitative estimate of drug-likeness (QED) is 0.516. The van der Waals surface area contributed by atoms with Gasteiger partial charge in [-0.25, -0.2) is 0 Å². The van der Waals surface area contributed by atoms with Crippen LogP contribution in [0, 0.1) is 0 Å². The Kier molecular flexibility index (Phi) is 2.69. The lowest BCUT2D eigenvalue weighted by Crippen LogP contribution is -1.98. The molecule has 0 amide bonds. The molecule has 1 aliphatic heterocycles. The van der Waals surface area contributed by atoms with Gasteiger partial charge in [-0.3, -0.25) is 4.99 Å². The Bertz CT molecular complexity index is 201. The first kappa shape index (κ1) is 7.55. The van der Waals surface area contributed by atoms with Crippen LogP contribution in [0.1, 0.15) is 13.3 Å². The summed E-state index contributed by atoms with van der Waals surface area (Å²) in [5.41, 5.74) is 2.36. The van der Waals surface area contributed by atoms with Crippen LogP contribution in [-0.2, 0) is 0 Å². The SMILES string of the molecule is CC1=CC=CN=C(CCl)C1. The summed E-state index contributed by atoms with van der Waals surface area (Å²) in [6.07, 6.45) is 6.70. The molecule has 0 saturated heterocycles. The van der Waals surface area contributed by atoms with E-state index in [4.69, 9.17) is 11.6 Å². The van der Waals surface area contributed by atoms with Crippen molar-refractivity contribution in [3.63, 3.8) is 0 Å². The summed E-state index contributed by atoms with van der Waals surface area (Å²) in [6.45, 7) is 2.08. The summed E-state index contributed by atoms with van der Waals surface area (Å²) in [7, 11) is 0. The number of nitrogens with zero attached hydrogens (tertiary/aromatic N) is 1. The number of alkyl halides is 1. The molecule has 0 radical (unpaired) electrons. The Morgan fingerprint density at radius 1 is 1.70 bits per heavy atom. The minimum atomic E-state index is 0.537. The van der Waals surface area contributed by atoms with Gasteiger partial charge in [0.05, 0.1) is 5.88 Å². The number of aliphatic imine (C=N–C) groups is 1. The molecular formula is C8H10ClN. The molecule has 1 rings (SSSR count). The van der Waals surface area contributed by atoms with Crippen LogP contribution >= 0.6 is 11.6 Å². The van der Waals surface area contributed by atoms with Crippen LogP contribution in [0.2, 0.25) is 0 Å². The first-order valence-corrected chi connectivity index (χ1v) is 3.80. The van der Waals surface area contributed by atoms with Gasteiger partial charge in [0.15, 0.2) is 0 Å². The van der Waals surface area contributed by atoms with Crippen LogP contribution in [0.4, 0.5) is 0 Å². The topological polar surface area (TPSA) is 12.4 Å². The molecular weight excluding hydrogens is 146 g/mol. The third-order valence-corrected chi connectivity index (χ3v) is 1.67. The highest BCUT2D eigenvalue weighted by molar-refractivity contribution is 6.28. The molecule has 1 aliphatic rings. The van der Waals surface area contributed by atoms with E-state index in [1.807, 2.05) is 6.08 Å². The maximum absolute atomic E-state index is 5.63. The lowest BCUT2D eigenvalue weighted by atomic mass is 10.1. The fraction of sp³-hybridized carbons (Fsp3) is 0.375. The summed E-state index contributed by atoms with van der Waals surface area (Å²) in [6, 6.07) is 0. The van der Waals surface area contributed by atoms with Gasteiger partial charge in [-0.2, -0.15) is 0 Å². The number of halogens is 1. The van der Waals surface area contributed by atoms with E-state index in [-0.39, 0.29) is 0 Å². The Morgan fingerprint density at radius 2 is 2.50 bits per heavy atom. The first-order chi connectivity index (χ1) is 4.83. The van der Waals surface area contributed by atoms with Crippen LogP contribution in [0.15, 0.2) is 28.9 Å². The average Bonchev–Trinajstić information content (AvgIpc) is 2.13. The molecule has 2 heteroatoms. The fourth-order valence-electron chi connectivity index (χ4n) is 0.864. The summed E-state index contributed by atoms with van der Waals surface area (Å²) < 4.78 is 0.